The van der Waals surface area contributed by atoms with Gasteiger partial charge in [0.15, 0.2) is 11.6 Å². The number of rotatable bonds is 7. The molecule has 0 bridgehead atoms. The lowest BCUT2D eigenvalue weighted by Crippen LogP contribution is -2.31. The number of carboxylic acids is 1. The average Bonchev–Trinajstić information content (AvgIpc) is 2.32. The second-order valence-corrected chi connectivity index (χ2v) is 3.83. The molecule has 0 heterocycles. The lowest BCUT2D eigenvalue weighted by Gasteiger charge is -2.15. The van der Waals surface area contributed by atoms with Crippen molar-refractivity contribution in [3.05, 3.63) is 35.4 Å². The number of benzene rings is 1. The first-order valence-electron chi connectivity index (χ1n) is 5.39. The van der Waals surface area contributed by atoms with Crippen molar-refractivity contribution in [2.24, 2.45) is 0 Å². The molecule has 4 nitrogen and oxygen atoms in total. The maximum atomic E-state index is 13.4. The Bertz CT molecular complexity index is 437. The molecule has 1 amide bonds. The SMILES string of the molecule is O=CNC(CCC(=O)O)Cc1cccc(F)c1F. The molecule has 0 aliphatic rings. The molecule has 1 aromatic rings. The van der Waals surface area contributed by atoms with Crippen molar-refractivity contribution in [1.82, 2.24) is 5.32 Å². The van der Waals surface area contributed by atoms with Crippen molar-refractivity contribution >= 4 is 12.4 Å². The minimum absolute atomic E-state index is 0.0512. The van der Waals surface area contributed by atoms with Crippen LogP contribution in [0.3, 0.4) is 0 Å². The highest BCUT2D eigenvalue weighted by Crippen LogP contribution is 2.14. The number of carboxylic acid groups (broad SMARTS) is 1. The molecule has 98 valence electrons. The maximum Gasteiger partial charge on any atom is 0.303 e. The first-order valence-corrected chi connectivity index (χ1v) is 5.39. The fourth-order valence-corrected chi connectivity index (χ4v) is 1.61. The first kappa shape index (κ1) is 14.1. The van der Waals surface area contributed by atoms with Crippen LogP contribution in [0.15, 0.2) is 18.2 Å². The second-order valence-electron chi connectivity index (χ2n) is 3.83. The van der Waals surface area contributed by atoms with Gasteiger partial charge in [0.05, 0.1) is 0 Å². The monoisotopic (exact) mass is 257 g/mol. The summed E-state index contributed by atoms with van der Waals surface area (Å²) in [4.78, 5) is 20.8. The van der Waals surface area contributed by atoms with Gasteiger partial charge in [0, 0.05) is 12.5 Å². The van der Waals surface area contributed by atoms with Crippen LogP contribution in [0.5, 0.6) is 0 Å². The molecule has 1 atom stereocenters. The van der Waals surface area contributed by atoms with Gasteiger partial charge < -0.3 is 10.4 Å². The van der Waals surface area contributed by atoms with E-state index in [1.807, 2.05) is 0 Å². The molecule has 0 saturated heterocycles. The van der Waals surface area contributed by atoms with Crippen LogP contribution in [0.2, 0.25) is 0 Å². The van der Waals surface area contributed by atoms with E-state index in [1.54, 1.807) is 0 Å². The third-order valence-corrected chi connectivity index (χ3v) is 2.51. The van der Waals surface area contributed by atoms with Gasteiger partial charge in [0.1, 0.15) is 0 Å². The first-order chi connectivity index (χ1) is 8.54. The molecule has 0 aliphatic carbocycles. The van der Waals surface area contributed by atoms with Crippen LogP contribution in [0.4, 0.5) is 8.78 Å². The topological polar surface area (TPSA) is 66.4 Å². The molecule has 1 rings (SSSR count). The predicted octanol–water partition coefficient (Wildman–Crippen LogP) is 1.49. The van der Waals surface area contributed by atoms with E-state index in [9.17, 15) is 18.4 Å². The number of carbonyl (C=O) groups excluding carboxylic acids is 1. The summed E-state index contributed by atoms with van der Waals surface area (Å²) in [5.74, 6) is -2.94. The van der Waals surface area contributed by atoms with Crippen LogP contribution < -0.4 is 5.32 Å². The summed E-state index contributed by atoms with van der Waals surface area (Å²) in [5.41, 5.74) is 0.111. The summed E-state index contributed by atoms with van der Waals surface area (Å²) in [6.45, 7) is 0. The van der Waals surface area contributed by atoms with Gasteiger partial charge in [-0.1, -0.05) is 12.1 Å². The minimum atomic E-state index is -1.01. The summed E-state index contributed by atoms with van der Waals surface area (Å²) < 4.78 is 26.4. The summed E-state index contributed by atoms with van der Waals surface area (Å²) in [5, 5.41) is 10.9. The van der Waals surface area contributed by atoms with Gasteiger partial charge in [0.25, 0.3) is 0 Å². The van der Waals surface area contributed by atoms with Gasteiger partial charge in [-0.2, -0.15) is 0 Å². The van der Waals surface area contributed by atoms with Crippen molar-refractivity contribution in [2.75, 3.05) is 0 Å². The largest absolute Gasteiger partial charge is 0.481 e. The van der Waals surface area contributed by atoms with Gasteiger partial charge in [-0.15, -0.1) is 0 Å². The number of carbonyl (C=O) groups is 2. The van der Waals surface area contributed by atoms with Gasteiger partial charge in [-0.3, -0.25) is 9.59 Å². The molecule has 0 aromatic heterocycles. The Kier molecular flexibility index (Phi) is 5.23. The van der Waals surface area contributed by atoms with E-state index in [2.05, 4.69) is 5.32 Å². The van der Waals surface area contributed by atoms with E-state index in [-0.39, 0.29) is 24.8 Å². The van der Waals surface area contributed by atoms with E-state index in [0.717, 1.165) is 6.07 Å². The van der Waals surface area contributed by atoms with Crippen LogP contribution in [-0.4, -0.2) is 23.5 Å². The highest BCUT2D eigenvalue weighted by atomic mass is 19.2. The van der Waals surface area contributed by atoms with Gasteiger partial charge >= 0.3 is 5.97 Å². The summed E-state index contributed by atoms with van der Waals surface area (Å²) in [6, 6.07) is 3.23. The highest BCUT2D eigenvalue weighted by Gasteiger charge is 2.15. The Morgan fingerprint density at radius 2 is 2.17 bits per heavy atom. The fourth-order valence-electron chi connectivity index (χ4n) is 1.61. The number of aliphatic carboxylic acids is 1. The van der Waals surface area contributed by atoms with E-state index in [1.165, 1.54) is 12.1 Å². The summed E-state index contributed by atoms with van der Waals surface area (Å²) in [7, 11) is 0. The smallest absolute Gasteiger partial charge is 0.303 e. The average molecular weight is 257 g/mol. The number of hydrogen-bond donors (Lipinski definition) is 2. The second kappa shape index (κ2) is 6.68. The van der Waals surface area contributed by atoms with E-state index < -0.39 is 23.6 Å². The van der Waals surface area contributed by atoms with Crippen molar-refractivity contribution in [1.29, 1.82) is 0 Å². The van der Waals surface area contributed by atoms with Gasteiger partial charge in [0.2, 0.25) is 6.41 Å². The summed E-state index contributed by atoms with van der Waals surface area (Å²) in [6.07, 6.45) is 0.478. The molecule has 0 spiro atoms. The van der Waals surface area contributed by atoms with Crippen molar-refractivity contribution in [3.8, 4) is 0 Å². The zero-order valence-electron chi connectivity index (χ0n) is 9.53. The molecule has 18 heavy (non-hydrogen) atoms. The Hall–Kier alpha value is -1.98. The lowest BCUT2D eigenvalue weighted by molar-refractivity contribution is -0.137. The summed E-state index contributed by atoms with van der Waals surface area (Å²) >= 11 is 0. The van der Waals surface area contributed by atoms with Gasteiger partial charge in [-0.05, 0) is 24.5 Å². The fraction of sp³-hybridized carbons (Fsp3) is 0.333. The molecule has 2 N–H and O–H groups in total. The van der Waals surface area contributed by atoms with Crippen LogP contribution >= 0.6 is 0 Å². The van der Waals surface area contributed by atoms with E-state index in [0.29, 0.717) is 6.41 Å². The molecule has 6 heteroatoms. The molecule has 1 aromatic carbocycles. The van der Waals surface area contributed by atoms with E-state index in [4.69, 9.17) is 5.11 Å². The lowest BCUT2D eigenvalue weighted by atomic mass is 10.0. The molecule has 0 radical (unpaired) electrons. The van der Waals surface area contributed by atoms with Crippen LogP contribution in [0.25, 0.3) is 0 Å². The number of halogens is 2. The normalized spacial score (nSPS) is 11.9. The van der Waals surface area contributed by atoms with Crippen LogP contribution in [-0.2, 0) is 16.0 Å². The molecule has 0 aliphatic heterocycles. The molecule has 0 fully saturated rings. The standard InChI is InChI=1S/C12H13F2NO3/c13-10-3-1-2-8(12(10)14)6-9(15-7-16)4-5-11(17)18/h1-3,7,9H,4-6H2,(H,15,16)(H,17,18). The van der Waals surface area contributed by atoms with Crippen molar-refractivity contribution < 1.29 is 23.5 Å². The Morgan fingerprint density at radius 3 is 2.78 bits per heavy atom. The Balaban J connectivity index is 2.72. The number of amides is 1. The molecular formula is C12H13F2NO3. The van der Waals surface area contributed by atoms with Crippen molar-refractivity contribution in [2.45, 2.75) is 25.3 Å². The van der Waals surface area contributed by atoms with Gasteiger partial charge in [-0.25, -0.2) is 8.78 Å². The molecule has 1 unspecified atom stereocenters. The maximum absolute atomic E-state index is 13.4. The van der Waals surface area contributed by atoms with E-state index >= 15 is 0 Å². The van der Waals surface area contributed by atoms with Crippen LogP contribution in [0, 0.1) is 11.6 Å². The minimum Gasteiger partial charge on any atom is -0.481 e. The third kappa shape index (κ3) is 4.12. The third-order valence-electron chi connectivity index (χ3n) is 2.51. The number of hydrogen-bond acceptors (Lipinski definition) is 2. The quantitative estimate of drug-likeness (QED) is 0.727. The molecule has 0 saturated carbocycles. The van der Waals surface area contributed by atoms with Crippen molar-refractivity contribution in [3.63, 3.8) is 0 Å². The number of nitrogens with one attached hydrogen (secondary N) is 1. The zero-order chi connectivity index (χ0) is 13.5. The zero-order valence-corrected chi connectivity index (χ0v) is 9.53. The van der Waals surface area contributed by atoms with Crippen LogP contribution in [0.1, 0.15) is 18.4 Å². The Morgan fingerprint density at radius 1 is 1.44 bits per heavy atom. The Labute approximate surface area is 103 Å². The predicted molar refractivity (Wildman–Crippen MR) is 59.9 cm³/mol. The molecular weight excluding hydrogens is 244 g/mol. The highest BCUT2D eigenvalue weighted by molar-refractivity contribution is 5.66.